The molecule has 1 aromatic rings. The van der Waals surface area contributed by atoms with Gasteiger partial charge in [-0.15, -0.1) is 11.3 Å². The summed E-state index contributed by atoms with van der Waals surface area (Å²) in [7, 11) is 0. The summed E-state index contributed by atoms with van der Waals surface area (Å²) in [5.74, 6) is 1.74. The molecule has 1 aliphatic rings. The van der Waals surface area contributed by atoms with Crippen LogP contribution in [0, 0.1) is 11.8 Å². The molecule has 1 aliphatic heterocycles. The smallest absolute Gasteiger partial charge is 0.0328 e. The Hall–Kier alpha value is -0.380. The highest BCUT2D eigenvalue weighted by atomic mass is 32.1. The van der Waals surface area contributed by atoms with Crippen LogP contribution < -0.4 is 5.32 Å². The fraction of sp³-hybridized carbons (Fsp3) is 0.733. The molecular weight excluding hydrogens is 240 g/mol. The van der Waals surface area contributed by atoms with Gasteiger partial charge in [-0.25, -0.2) is 0 Å². The molecule has 1 N–H and O–H groups in total. The lowest BCUT2D eigenvalue weighted by molar-refractivity contribution is 0.299. The van der Waals surface area contributed by atoms with E-state index in [-0.39, 0.29) is 0 Å². The minimum absolute atomic E-state index is 0.836. The standard InChI is InChI=1S/C15H26N2S/c1-4-16-9-14-5-6-15(18-14)11-17-8-7-13(10-17)12(2)3/h5-6,12-13,16H,4,7-11H2,1-3H3. The molecule has 102 valence electrons. The van der Waals surface area contributed by atoms with E-state index in [4.69, 9.17) is 0 Å². The van der Waals surface area contributed by atoms with Crippen LogP contribution in [0.2, 0.25) is 0 Å². The van der Waals surface area contributed by atoms with Gasteiger partial charge in [0.2, 0.25) is 0 Å². The van der Waals surface area contributed by atoms with Gasteiger partial charge >= 0.3 is 0 Å². The minimum atomic E-state index is 0.836. The monoisotopic (exact) mass is 266 g/mol. The van der Waals surface area contributed by atoms with E-state index in [2.05, 4.69) is 43.1 Å². The highest BCUT2D eigenvalue weighted by Crippen LogP contribution is 2.26. The van der Waals surface area contributed by atoms with E-state index in [1.807, 2.05) is 11.3 Å². The first-order chi connectivity index (χ1) is 8.69. The van der Waals surface area contributed by atoms with E-state index in [1.54, 1.807) is 0 Å². The molecule has 2 heterocycles. The summed E-state index contributed by atoms with van der Waals surface area (Å²) < 4.78 is 0. The first-order valence-corrected chi connectivity index (χ1v) is 8.01. The van der Waals surface area contributed by atoms with E-state index >= 15 is 0 Å². The number of rotatable bonds is 6. The Bertz CT molecular complexity index is 359. The molecule has 2 nitrogen and oxygen atoms in total. The zero-order chi connectivity index (χ0) is 13.0. The van der Waals surface area contributed by atoms with Crippen molar-refractivity contribution in [1.29, 1.82) is 0 Å². The summed E-state index contributed by atoms with van der Waals surface area (Å²) >= 11 is 1.97. The average Bonchev–Trinajstić information content (AvgIpc) is 2.96. The highest BCUT2D eigenvalue weighted by Gasteiger charge is 2.24. The normalized spacial score (nSPS) is 21.0. The van der Waals surface area contributed by atoms with Gasteiger partial charge in [0.15, 0.2) is 0 Å². The lowest BCUT2D eigenvalue weighted by atomic mass is 9.95. The van der Waals surface area contributed by atoms with Gasteiger partial charge in [-0.05, 0) is 43.5 Å². The van der Waals surface area contributed by atoms with Gasteiger partial charge < -0.3 is 5.32 Å². The van der Waals surface area contributed by atoms with Crippen LogP contribution in [0.3, 0.4) is 0 Å². The number of nitrogens with zero attached hydrogens (tertiary/aromatic N) is 1. The van der Waals surface area contributed by atoms with Gasteiger partial charge in [0.25, 0.3) is 0 Å². The highest BCUT2D eigenvalue weighted by molar-refractivity contribution is 7.11. The minimum Gasteiger partial charge on any atom is -0.312 e. The largest absolute Gasteiger partial charge is 0.312 e. The maximum Gasteiger partial charge on any atom is 0.0328 e. The van der Waals surface area contributed by atoms with Crippen LogP contribution >= 0.6 is 11.3 Å². The molecule has 0 bridgehead atoms. The van der Waals surface area contributed by atoms with Crippen LogP contribution in [-0.4, -0.2) is 24.5 Å². The predicted octanol–water partition coefficient (Wildman–Crippen LogP) is 3.34. The predicted molar refractivity (Wildman–Crippen MR) is 79.9 cm³/mol. The molecule has 1 aromatic heterocycles. The van der Waals surface area contributed by atoms with Gasteiger partial charge in [0, 0.05) is 29.4 Å². The molecule has 3 heteroatoms. The van der Waals surface area contributed by atoms with E-state index in [9.17, 15) is 0 Å². The number of nitrogens with one attached hydrogen (secondary N) is 1. The molecule has 2 rings (SSSR count). The summed E-state index contributed by atoms with van der Waals surface area (Å²) in [4.78, 5) is 5.60. The van der Waals surface area contributed by atoms with Crippen molar-refractivity contribution in [2.45, 2.75) is 40.3 Å². The van der Waals surface area contributed by atoms with Crippen molar-refractivity contribution in [3.63, 3.8) is 0 Å². The Morgan fingerprint density at radius 1 is 1.39 bits per heavy atom. The van der Waals surface area contributed by atoms with E-state index in [0.29, 0.717) is 0 Å². The molecule has 1 saturated heterocycles. The second-order valence-corrected chi connectivity index (χ2v) is 6.93. The van der Waals surface area contributed by atoms with Crippen molar-refractivity contribution in [2.75, 3.05) is 19.6 Å². The van der Waals surface area contributed by atoms with Crippen LogP contribution in [-0.2, 0) is 13.1 Å². The Morgan fingerprint density at radius 3 is 2.83 bits per heavy atom. The Labute approximate surface area is 115 Å². The van der Waals surface area contributed by atoms with Crippen LogP contribution in [0.5, 0.6) is 0 Å². The fourth-order valence-corrected chi connectivity index (χ4v) is 3.65. The molecule has 1 fully saturated rings. The molecule has 0 aromatic carbocycles. The average molecular weight is 266 g/mol. The maximum atomic E-state index is 3.39. The molecule has 18 heavy (non-hydrogen) atoms. The molecule has 0 amide bonds. The van der Waals surface area contributed by atoms with Crippen molar-refractivity contribution < 1.29 is 0 Å². The first-order valence-electron chi connectivity index (χ1n) is 7.19. The quantitative estimate of drug-likeness (QED) is 0.849. The number of thiophene rings is 1. The number of hydrogen-bond donors (Lipinski definition) is 1. The van der Waals surface area contributed by atoms with Crippen molar-refractivity contribution >= 4 is 11.3 Å². The number of hydrogen-bond acceptors (Lipinski definition) is 3. The van der Waals surface area contributed by atoms with Crippen molar-refractivity contribution in [2.24, 2.45) is 11.8 Å². The molecule has 0 saturated carbocycles. The van der Waals surface area contributed by atoms with Gasteiger partial charge in [-0.1, -0.05) is 20.8 Å². The Kier molecular flexibility index (Phi) is 5.22. The SMILES string of the molecule is CCNCc1ccc(CN2CCC(C(C)C)C2)s1. The molecule has 0 aliphatic carbocycles. The van der Waals surface area contributed by atoms with Crippen LogP contribution in [0.15, 0.2) is 12.1 Å². The van der Waals surface area contributed by atoms with Crippen LogP contribution in [0.1, 0.15) is 36.9 Å². The van der Waals surface area contributed by atoms with E-state index < -0.39 is 0 Å². The summed E-state index contributed by atoms with van der Waals surface area (Å²) in [6.45, 7) is 12.7. The summed E-state index contributed by atoms with van der Waals surface area (Å²) in [6.07, 6.45) is 1.38. The molecule has 1 unspecified atom stereocenters. The summed E-state index contributed by atoms with van der Waals surface area (Å²) in [5, 5.41) is 3.39. The van der Waals surface area contributed by atoms with Crippen molar-refractivity contribution in [3.8, 4) is 0 Å². The molecule has 0 spiro atoms. The first kappa shape index (κ1) is 14.0. The van der Waals surface area contributed by atoms with E-state index in [1.165, 1.54) is 29.3 Å². The summed E-state index contributed by atoms with van der Waals surface area (Å²) in [6, 6.07) is 4.58. The van der Waals surface area contributed by atoms with Crippen LogP contribution in [0.25, 0.3) is 0 Å². The Balaban J connectivity index is 1.81. The molecule has 0 radical (unpaired) electrons. The Morgan fingerprint density at radius 2 is 2.17 bits per heavy atom. The second-order valence-electron chi connectivity index (χ2n) is 5.68. The summed E-state index contributed by atoms with van der Waals surface area (Å²) in [5.41, 5.74) is 0. The lowest BCUT2D eigenvalue weighted by Gasteiger charge is -2.16. The second kappa shape index (κ2) is 6.69. The molecule has 1 atom stereocenters. The van der Waals surface area contributed by atoms with Crippen molar-refractivity contribution in [3.05, 3.63) is 21.9 Å². The zero-order valence-electron chi connectivity index (χ0n) is 11.9. The van der Waals surface area contributed by atoms with Gasteiger partial charge in [-0.3, -0.25) is 4.90 Å². The number of likely N-dealkylation sites (tertiary alicyclic amines) is 1. The topological polar surface area (TPSA) is 15.3 Å². The van der Waals surface area contributed by atoms with Gasteiger partial charge in [0.1, 0.15) is 0 Å². The van der Waals surface area contributed by atoms with Gasteiger partial charge in [0.05, 0.1) is 0 Å². The third-order valence-corrected chi connectivity index (χ3v) is 4.97. The third kappa shape index (κ3) is 3.81. The fourth-order valence-electron chi connectivity index (χ4n) is 2.62. The van der Waals surface area contributed by atoms with Gasteiger partial charge in [-0.2, -0.15) is 0 Å². The van der Waals surface area contributed by atoms with Crippen molar-refractivity contribution in [1.82, 2.24) is 10.2 Å². The maximum absolute atomic E-state index is 3.39. The third-order valence-electron chi connectivity index (χ3n) is 3.90. The lowest BCUT2D eigenvalue weighted by Crippen LogP contribution is -2.20. The zero-order valence-corrected chi connectivity index (χ0v) is 12.7. The van der Waals surface area contributed by atoms with Crippen LogP contribution in [0.4, 0.5) is 0 Å². The van der Waals surface area contributed by atoms with E-state index in [0.717, 1.165) is 31.5 Å². The molecular formula is C15H26N2S.